The summed E-state index contributed by atoms with van der Waals surface area (Å²) in [6.07, 6.45) is -7.33. The van der Waals surface area contributed by atoms with E-state index in [1.165, 1.54) is 36.4 Å². The van der Waals surface area contributed by atoms with Gasteiger partial charge < -0.3 is 0 Å². The number of hydrogen-bond donors (Lipinski definition) is 0. The van der Waals surface area contributed by atoms with E-state index >= 15 is 0 Å². The highest BCUT2D eigenvalue weighted by atomic mass is 79.9. The Morgan fingerprint density at radius 3 is 2.46 bits per heavy atom. The molecule has 0 saturated heterocycles. The minimum Gasteiger partial charge on any atom is -0.298 e. The van der Waals surface area contributed by atoms with Gasteiger partial charge in [0.05, 0.1) is 11.4 Å². The standard InChI is InChI=1S/C17H10BrF5N2O/c18-9-5-6-13-11(7-9)14(10-3-1-2-4-12(10)19)24-15(20)16(26)25(13)8-17(21,22)23/h1-7,15H,8H2. The third-order valence-corrected chi connectivity index (χ3v) is 4.18. The molecule has 136 valence electrons. The van der Waals surface area contributed by atoms with Gasteiger partial charge in [-0.2, -0.15) is 13.2 Å². The highest BCUT2D eigenvalue weighted by molar-refractivity contribution is 9.10. The first kappa shape index (κ1) is 18.5. The van der Waals surface area contributed by atoms with E-state index in [-0.39, 0.29) is 27.4 Å². The second-order valence-corrected chi connectivity index (χ2v) is 6.41. The Hall–Kier alpha value is -2.29. The molecule has 9 heteroatoms. The van der Waals surface area contributed by atoms with Gasteiger partial charge in [-0.3, -0.25) is 9.69 Å². The summed E-state index contributed by atoms with van der Waals surface area (Å²) in [6.45, 7) is -1.68. The van der Waals surface area contributed by atoms with Gasteiger partial charge >= 0.3 is 6.18 Å². The molecule has 0 bridgehead atoms. The highest BCUT2D eigenvalue weighted by Gasteiger charge is 2.39. The quantitative estimate of drug-likeness (QED) is 0.502. The van der Waals surface area contributed by atoms with Gasteiger partial charge in [0.2, 0.25) is 0 Å². The van der Waals surface area contributed by atoms with Crippen molar-refractivity contribution in [3.8, 4) is 0 Å². The zero-order valence-electron chi connectivity index (χ0n) is 12.9. The Balaban J connectivity index is 2.25. The van der Waals surface area contributed by atoms with Gasteiger partial charge in [-0.15, -0.1) is 0 Å². The van der Waals surface area contributed by atoms with Crippen LogP contribution >= 0.6 is 15.9 Å². The molecule has 0 spiro atoms. The van der Waals surface area contributed by atoms with Gasteiger partial charge in [0, 0.05) is 15.6 Å². The van der Waals surface area contributed by atoms with Crippen LogP contribution in [0.15, 0.2) is 51.9 Å². The summed E-state index contributed by atoms with van der Waals surface area (Å²) in [5.41, 5.74) is -0.527. The first-order valence-electron chi connectivity index (χ1n) is 7.32. The summed E-state index contributed by atoms with van der Waals surface area (Å²) in [5.74, 6) is -2.20. The number of nitrogens with zero attached hydrogens (tertiary/aromatic N) is 2. The molecule has 1 amide bonds. The molecule has 0 aromatic heterocycles. The van der Waals surface area contributed by atoms with E-state index in [4.69, 9.17) is 0 Å². The summed E-state index contributed by atoms with van der Waals surface area (Å²) < 4.78 is 67.7. The van der Waals surface area contributed by atoms with Crippen molar-refractivity contribution >= 4 is 33.2 Å². The molecular formula is C17H10BrF5N2O. The minimum atomic E-state index is -4.75. The van der Waals surface area contributed by atoms with E-state index < -0.39 is 30.7 Å². The Morgan fingerprint density at radius 1 is 1.12 bits per heavy atom. The van der Waals surface area contributed by atoms with Gasteiger partial charge in [0.25, 0.3) is 12.2 Å². The number of aliphatic imine (C=N–C) groups is 1. The molecule has 3 nitrogen and oxygen atoms in total. The molecule has 2 aromatic rings. The number of benzene rings is 2. The van der Waals surface area contributed by atoms with Crippen molar-refractivity contribution in [2.24, 2.45) is 4.99 Å². The molecule has 0 saturated carbocycles. The molecule has 3 rings (SSSR count). The van der Waals surface area contributed by atoms with Crippen LogP contribution in [0.1, 0.15) is 11.1 Å². The van der Waals surface area contributed by atoms with E-state index in [1.807, 2.05) is 0 Å². The van der Waals surface area contributed by atoms with Gasteiger partial charge in [-0.25, -0.2) is 13.8 Å². The van der Waals surface area contributed by atoms with Crippen LogP contribution in [0, 0.1) is 5.82 Å². The van der Waals surface area contributed by atoms with Crippen molar-refractivity contribution in [3.63, 3.8) is 0 Å². The normalized spacial score (nSPS) is 17.6. The van der Waals surface area contributed by atoms with Gasteiger partial charge in [0.15, 0.2) is 0 Å². The maximum absolute atomic E-state index is 14.3. The second-order valence-electron chi connectivity index (χ2n) is 5.49. The number of carbonyl (C=O) groups is 1. The molecule has 1 unspecified atom stereocenters. The molecule has 1 atom stereocenters. The summed E-state index contributed by atoms with van der Waals surface area (Å²) in [4.78, 5) is 16.0. The van der Waals surface area contributed by atoms with Gasteiger partial charge in [0.1, 0.15) is 12.4 Å². The average Bonchev–Trinajstić information content (AvgIpc) is 2.65. The monoisotopic (exact) mass is 432 g/mol. The zero-order chi connectivity index (χ0) is 19.1. The van der Waals surface area contributed by atoms with Gasteiger partial charge in [-0.05, 0) is 30.3 Å². The zero-order valence-corrected chi connectivity index (χ0v) is 14.5. The fraction of sp³-hybridized carbons (Fsp3) is 0.176. The van der Waals surface area contributed by atoms with Crippen molar-refractivity contribution in [2.45, 2.75) is 12.5 Å². The van der Waals surface area contributed by atoms with Crippen molar-refractivity contribution in [3.05, 3.63) is 63.9 Å². The van der Waals surface area contributed by atoms with E-state index in [0.717, 1.165) is 6.07 Å². The predicted octanol–water partition coefficient (Wildman–Crippen LogP) is 4.63. The molecule has 2 aromatic carbocycles. The summed E-state index contributed by atoms with van der Waals surface area (Å²) in [7, 11) is 0. The maximum atomic E-state index is 14.3. The van der Waals surface area contributed by atoms with Crippen LogP contribution < -0.4 is 4.90 Å². The van der Waals surface area contributed by atoms with Crippen molar-refractivity contribution < 1.29 is 26.7 Å². The Morgan fingerprint density at radius 2 is 1.81 bits per heavy atom. The smallest absolute Gasteiger partial charge is 0.298 e. The number of carbonyl (C=O) groups excluding carboxylic acids is 1. The molecule has 0 aliphatic carbocycles. The molecule has 1 heterocycles. The van der Waals surface area contributed by atoms with Crippen LogP contribution in [0.3, 0.4) is 0 Å². The lowest BCUT2D eigenvalue weighted by Gasteiger charge is -2.24. The van der Waals surface area contributed by atoms with Crippen molar-refractivity contribution in [1.29, 1.82) is 0 Å². The number of benzodiazepines with no additional fused rings is 1. The van der Waals surface area contributed by atoms with Crippen LogP contribution in [0.25, 0.3) is 0 Å². The Labute approximate surface area is 153 Å². The number of hydrogen-bond acceptors (Lipinski definition) is 2. The molecule has 26 heavy (non-hydrogen) atoms. The maximum Gasteiger partial charge on any atom is 0.406 e. The summed E-state index contributed by atoms with van der Waals surface area (Å²) in [5, 5.41) is 0. The number of amides is 1. The number of halogens is 6. The SMILES string of the molecule is O=C1C(F)N=C(c2ccccc2F)c2cc(Br)ccc2N1CC(F)(F)F. The Kier molecular flexibility index (Phi) is 4.83. The number of alkyl halides is 4. The first-order chi connectivity index (χ1) is 12.2. The predicted molar refractivity (Wildman–Crippen MR) is 89.5 cm³/mol. The van der Waals surface area contributed by atoms with Crippen LogP contribution in [0.4, 0.5) is 27.6 Å². The van der Waals surface area contributed by atoms with Crippen LogP contribution in [-0.2, 0) is 4.79 Å². The lowest BCUT2D eigenvalue weighted by Crippen LogP contribution is -2.42. The first-order valence-corrected chi connectivity index (χ1v) is 8.11. The van der Waals surface area contributed by atoms with Crippen LogP contribution in [0.5, 0.6) is 0 Å². The lowest BCUT2D eigenvalue weighted by atomic mass is 9.99. The molecule has 0 radical (unpaired) electrons. The average molecular weight is 433 g/mol. The van der Waals surface area contributed by atoms with Crippen LogP contribution in [0.2, 0.25) is 0 Å². The summed E-state index contributed by atoms with van der Waals surface area (Å²) in [6, 6.07) is 9.33. The fourth-order valence-corrected chi connectivity index (χ4v) is 2.99. The number of fused-ring (bicyclic) bond motifs is 1. The minimum absolute atomic E-state index is 0.0159. The number of rotatable bonds is 2. The fourth-order valence-electron chi connectivity index (χ4n) is 2.63. The molecule has 0 N–H and O–H groups in total. The van der Waals surface area contributed by atoms with E-state index in [9.17, 15) is 26.7 Å². The molecule has 1 aliphatic rings. The Bertz CT molecular complexity index is 897. The van der Waals surface area contributed by atoms with Crippen molar-refractivity contribution in [2.75, 3.05) is 11.4 Å². The summed E-state index contributed by atoms with van der Waals surface area (Å²) >= 11 is 3.18. The van der Waals surface area contributed by atoms with Crippen molar-refractivity contribution in [1.82, 2.24) is 0 Å². The topological polar surface area (TPSA) is 32.7 Å². The van der Waals surface area contributed by atoms with Crippen LogP contribution in [-0.4, -0.2) is 30.6 Å². The van der Waals surface area contributed by atoms with Gasteiger partial charge in [-0.1, -0.05) is 28.1 Å². The van der Waals surface area contributed by atoms with E-state index in [0.29, 0.717) is 4.47 Å². The molecule has 0 fully saturated rings. The second kappa shape index (κ2) is 6.79. The molecule has 1 aliphatic heterocycles. The largest absolute Gasteiger partial charge is 0.406 e. The lowest BCUT2D eigenvalue weighted by molar-refractivity contribution is -0.135. The van der Waals surface area contributed by atoms with E-state index in [2.05, 4.69) is 20.9 Å². The van der Waals surface area contributed by atoms with E-state index in [1.54, 1.807) is 0 Å². The third-order valence-electron chi connectivity index (χ3n) is 3.68. The molecular weight excluding hydrogens is 423 g/mol. The number of anilines is 1. The highest BCUT2D eigenvalue weighted by Crippen LogP contribution is 2.33. The third kappa shape index (κ3) is 3.62.